The predicted octanol–water partition coefficient (Wildman–Crippen LogP) is 1.26. The van der Waals surface area contributed by atoms with Gasteiger partial charge in [-0.05, 0) is 18.9 Å². The second-order valence-corrected chi connectivity index (χ2v) is 5.29. The molecule has 0 aromatic carbocycles. The molecule has 0 fully saturated rings. The summed E-state index contributed by atoms with van der Waals surface area (Å²) < 4.78 is 14.6. The fraction of sp³-hybridized carbons (Fsp3) is 0.333. The van der Waals surface area contributed by atoms with Crippen molar-refractivity contribution in [3.8, 4) is 0 Å². The van der Waals surface area contributed by atoms with E-state index in [0.29, 0.717) is 30.7 Å². The topological polar surface area (TPSA) is 90.9 Å². The number of anilines is 1. The molecule has 2 rings (SSSR count). The van der Waals surface area contributed by atoms with Crippen LogP contribution < -0.4 is 11.3 Å². The number of hydrogen-bond acceptors (Lipinski definition) is 6. The lowest BCUT2D eigenvalue weighted by molar-refractivity contribution is 0.112. The monoisotopic (exact) mass is 296 g/mol. The van der Waals surface area contributed by atoms with Gasteiger partial charge in [0.2, 0.25) is 5.82 Å². The van der Waals surface area contributed by atoms with Crippen molar-refractivity contribution in [1.29, 1.82) is 0 Å². The molecule has 0 aliphatic carbocycles. The number of nitrogens with zero attached hydrogens (tertiary/aromatic N) is 3. The van der Waals surface area contributed by atoms with Crippen LogP contribution in [0.2, 0.25) is 0 Å². The van der Waals surface area contributed by atoms with Crippen molar-refractivity contribution in [2.75, 3.05) is 5.73 Å². The smallest absolute Gasteiger partial charge is 0.288 e. The third-order valence-corrected chi connectivity index (χ3v) is 3.67. The summed E-state index contributed by atoms with van der Waals surface area (Å²) in [5.41, 5.74) is 4.46. The van der Waals surface area contributed by atoms with Crippen LogP contribution in [-0.4, -0.2) is 21.1 Å². The molecule has 2 aromatic heterocycles. The minimum absolute atomic E-state index is 0.137. The molecule has 0 saturated carbocycles. The first-order valence-electron chi connectivity index (χ1n) is 6.04. The Balaban J connectivity index is 1.86. The molecule has 2 N–H and O–H groups in total. The van der Waals surface area contributed by atoms with Crippen LogP contribution in [0.3, 0.4) is 0 Å². The van der Waals surface area contributed by atoms with Gasteiger partial charge in [-0.25, -0.2) is 0 Å². The van der Waals surface area contributed by atoms with Gasteiger partial charge in [0, 0.05) is 19.2 Å². The molecule has 0 amide bonds. The Morgan fingerprint density at radius 2 is 2.20 bits per heavy atom. The molecular formula is C12H13FN4O2S. The highest BCUT2D eigenvalue weighted by Crippen LogP contribution is 2.11. The largest absolute Gasteiger partial charge is 0.396 e. The molecule has 2 heterocycles. The number of hydrogen-bond donors (Lipinski definition) is 1. The van der Waals surface area contributed by atoms with Crippen molar-refractivity contribution in [2.45, 2.75) is 25.8 Å². The second-order valence-electron chi connectivity index (χ2n) is 4.19. The van der Waals surface area contributed by atoms with Crippen LogP contribution in [0.15, 0.2) is 17.1 Å². The van der Waals surface area contributed by atoms with Gasteiger partial charge in [-0.3, -0.25) is 9.59 Å². The van der Waals surface area contributed by atoms with Crippen LogP contribution >= 0.6 is 11.3 Å². The van der Waals surface area contributed by atoms with E-state index in [0.717, 1.165) is 11.4 Å². The number of halogens is 1. The Kier molecular flexibility index (Phi) is 4.57. The summed E-state index contributed by atoms with van der Waals surface area (Å²) >= 11 is 1.25. The van der Waals surface area contributed by atoms with E-state index >= 15 is 0 Å². The highest BCUT2D eigenvalue weighted by molar-refractivity contribution is 7.12. The van der Waals surface area contributed by atoms with Gasteiger partial charge < -0.3 is 10.3 Å². The minimum Gasteiger partial charge on any atom is -0.396 e. The number of unbranched alkanes of at least 4 members (excludes halogenated alkanes) is 1. The van der Waals surface area contributed by atoms with E-state index in [1.54, 1.807) is 0 Å². The average molecular weight is 296 g/mol. The van der Waals surface area contributed by atoms with Gasteiger partial charge in [0.1, 0.15) is 5.01 Å². The molecule has 0 unspecified atom stereocenters. The summed E-state index contributed by atoms with van der Waals surface area (Å²) in [5.74, 6) is -0.910. The van der Waals surface area contributed by atoms with Crippen molar-refractivity contribution in [1.82, 2.24) is 14.8 Å². The molecule has 0 aliphatic heterocycles. The third kappa shape index (κ3) is 3.27. The molecule has 20 heavy (non-hydrogen) atoms. The van der Waals surface area contributed by atoms with Crippen molar-refractivity contribution in [3.05, 3.63) is 38.4 Å². The van der Waals surface area contributed by atoms with Gasteiger partial charge in [-0.1, -0.05) is 11.3 Å². The van der Waals surface area contributed by atoms with E-state index in [1.165, 1.54) is 28.2 Å². The Morgan fingerprint density at radius 1 is 1.40 bits per heavy atom. The van der Waals surface area contributed by atoms with Gasteiger partial charge in [-0.2, -0.15) is 4.39 Å². The Morgan fingerprint density at radius 3 is 2.90 bits per heavy atom. The second kappa shape index (κ2) is 6.38. The highest BCUT2D eigenvalue weighted by atomic mass is 32.1. The van der Waals surface area contributed by atoms with Gasteiger partial charge in [0.05, 0.1) is 5.69 Å². The van der Waals surface area contributed by atoms with E-state index in [-0.39, 0.29) is 5.69 Å². The molecule has 0 aliphatic rings. The number of nitrogens with two attached hydrogens (primary N) is 1. The minimum atomic E-state index is -0.910. The van der Waals surface area contributed by atoms with E-state index in [4.69, 9.17) is 5.73 Å². The Hall–Kier alpha value is -2.09. The SMILES string of the molecule is Nc1ccn(CCCCc2nnc(C=O)s2)c(=O)c1F. The number of rotatable bonds is 6. The molecular weight excluding hydrogens is 283 g/mol. The first-order chi connectivity index (χ1) is 9.61. The molecule has 0 bridgehead atoms. The summed E-state index contributed by atoms with van der Waals surface area (Å²) in [4.78, 5) is 22.0. The van der Waals surface area contributed by atoms with Crippen LogP contribution in [0, 0.1) is 5.82 Å². The number of aryl methyl sites for hydroxylation is 2. The van der Waals surface area contributed by atoms with Crippen molar-refractivity contribution in [3.63, 3.8) is 0 Å². The fourth-order valence-electron chi connectivity index (χ4n) is 1.71. The van der Waals surface area contributed by atoms with Gasteiger partial charge in [0.25, 0.3) is 5.56 Å². The average Bonchev–Trinajstić information content (AvgIpc) is 2.91. The molecule has 0 radical (unpaired) electrons. The van der Waals surface area contributed by atoms with Gasteiger partial charge in [0.15, 0.2) is 11.3 Å². The van der Waals surface area contributed by atoms with Crippen LogP contribution in [0.4, 0.5) is 10.1 Å². The standard InChI is InChI=1S/C12H13FN4O2S/c13-11-8(14)4-6-17(12(11)19)5-2-1-3-9-15-16-10(7-18)20-9/h4,6-7H,1-3,5,14H2. The zero-order valence-corrected chi connectivity index (χ0v) is 11.4. The molecule has 2 aromatic rings. The fourth-order valence-corrected chi connectivity index (χ4v) is 2.41. The number of pyridine rings is 1. The van der Waals surface area contributed by atoms with Crippen LogP contribution in [0.25, 0.3) is 0 Å². The first-order valence-corrected chi connectivity index (χ1v) is 6.85. The normalized spacial score (nSPS) is 10.7. The van der Waals surface area contributed by atoms with Crippen molar-refractivity contribution in [2.24, 2.45) is 0 Å². The zero-order valence-electron chi connectivity index (χ0n) is 10.6. The highest BCUT2D eigenvalue weighted by Gasteiger charge is 2.07. The lowest BCUT2D eigenvalue weighted by atomic mass is 10.2. The lowest BCUT2D eigenvalue weighted by Crippen LogP contribution is -2.23. The summed E-state index contributed by atoms with van der Waals surface area (Å²) in [7, 11) is 0. The molecule has 106 valence electrons. The maximum Gasteiger partial charge on any atom is 0.288 e. The van der Waals surface area contributed by atoms with Gasteiger partial charge in [-0.15, -0.1) is 10.2 Å². The van der Waals surface area contributed by atoms with E-state index in [9.17, 15) is 14.0 Å². The van der Waals surface area contributed by atoms with E-state index < -0.39 is 11.4 Å². The summed E-state index contributed by atoms with van der Waals surface area (Å²) in [6.07, 6.45) is 4.29. The van der Waals surface area contributed by atoms with Crippen molar-refractivity contribution < 1.29 is 9.18 Å². The first kappa shape index (κ1) is 14.3. The Labute approximate surface area is 118 Å². The zero-order chi connectivity index (χ0) is 14.5. The molecule has 6 nitrogen and oxygen atoms in total. The number of aldehydes is 1. The van der Waals surface area contributed by atoms with Crippen molar-refractivity contribution >= 4 is 23.3 Å². The number of nitrogen functional groups attached to an aromatic ring is 1. The quantitative estimate of drug-likeness (QED) is 0.640. The summed E-state index contributed by atoms with van der Waals surface area (Å²) in [6.45, 7) is 0.412. The van der Waals surface area contributed by atoms with E-state index in [2.05, 4.69) is 10.2 Å². The maximum absolute atomic E-state index is 13.3. The molecule has 0 spiro atoms. The molecule has 0 atom stereocenters. The maximum atomic E-state index is 13.3. The Bertz CT molecular complexity index is 668. The number of carbonyl (C=O) groups is 1. The third-order valence-electron chi connectivity index (χ3n) is 2.76. The lowest BCUT2D eigenvalue weighted by Gasteiger charge is -2.06. The van der Waals surface area contributed by atoms with Gasteiger partial charge >= 0.3 is 0 Å². The number of aromatic nitrogens is 3. The summed E-state index contributed by atoms with van der Waals surface area (Å²) in [5, 5.41) is 8.69. The van der Waals surface area contributed by atoms with Crippen LogP contribution in [-0.2, 0) is 13.0 Å². The predicted molar refractivity (Wildman–Crippen MR) is 73.3 cm³/mol. The van der Waals surface area contributed by atoms with Crippen LogP contribution in [0.5, 0.6) is 0 Å². The molecule has 0 saturated heterocycles. The van der Waals surface area contributed by atoms with E-state index in [1.807, 2.05) is 0 Å². The number of carbonyl (C=O) groups excluding carboxylic acids is 1. The van der Waals surface area contributed by atoms with Crippen LogP contribution in [0.1, 0.15) is 27.7 Å². The summed E-state index contributed by atoms with van der Waals surface area (Å²) in [6, 6.07) is 1.37. The molecule has 8 heteroatoms.